The van der Waals surface area contributed by atoms with Gasteiger partial charge in [0, 0.05) is 11.5 Å². The number of carbonyl (C=O) groups is 1. The number of allylic oxidation sites excluding steroid dienone is 1. The van der Waals surface area contributed by atoms with Gasteiger partial charge in [0.25, 0.3) is 0 Å². The molecule has 0 N–H and O–H groups in total. The molecule has 0 amide bonds. The average Bonchev–Trinajstić information content (AvgIpc) is 3.40. The zero-order chi connectivity index (χ0) is 16.5. The fourth-order valence-corrected chi connectivity index (χ4v) is 6.41. The van der Waals surface area contributed by atoms with Crippen LogP contribution in [0.25, 0.3) is 5.76 Å². The lowest BCUT2D eigenvalue weighted by atomic mass is 9.67. The van der Waals surface area contributed by atoms with Crippen molar-refractivity contribution in [2.45, 2.75) is 18.8 Å². The van der Waals surface area contributed by atoms with Gasteiger partial charge in [0.1, 0.15) is 5.76 Å². The van der Waals surface area contributed by atoms with E-state index in [-0.39, 0.29) is 11.9 Å². The minimum Gasteiger partial charge on any atom is -0.425 e. The van der Waals surface area contributed by atoms with Crippen molar-refractivity contribution in [2.24, 2.45) is 29.6 Å². The smallest absolute Gasteiger partial charge is 0.319 e. The Morgan fingerprint density at radius 2 is 1.44 bits per heavy atom. The minimum absolute atomic E-state index is 0.0641. The molecular weight excluding hydrogens is 308 g/mol. The number of benzene rings is 2. The molecule has 0 spiro atoms. The second-order valence-electron chi connectivity index (χ2n) is 7.99. The van der Waals surface area contributed by atoms with Crippen molar-refractivity contribution in [2.75, 3.05) is 0 Å². The monoisotopic (exact) mass is 328 g/mol. The Kier molecular flexibility index (Phi) is 2.69. The Balaban J connectivity index is 1.55. The molecule has 0 aromatic heterocycles. The van der Waals surface area contributed by atoms with E-state index in [9.17, 15) is 4.79 Å². The van der Waals surface area contributed by atoms with Crippen molar-refractivity contribution in [3.05, 3.63) is 77.4 Å². The SMILES string of the molecule is O=C1OC(c2ccccc2)=C2C3C4CCC3C4C2C1c1ccccc1. The van der Waals surface area contributed by atoms with Crippen LogP contribution in [0.1, 0.15) is 29.9 Å². The molecule has 8 rings (SSSR count). The number of esters is 1. The quantitative estimate of drug-likeness (QED) is 0.751. The highest BCUT2D eigenvalue weighted by Gasteiger charge is 2.70. The molecule has 5 saturated carbocycles. The molecule has 1 heterocycles. The van der Waals surface area contributed by atoms with Crippen molar-refractivity contribution in [1.82, 2.24) is 0 Å². The van der Waals surface area contributed by atoms with Gasteiger partial charge in [0.05, 0.1) is 5.92 Å². The van der Waals surface area contributed by atoms with Gasteiger partial charge in [0.2, 0.25) is 0 Å². The lowest BCUT2D eigenvalue weighted by molar-refractivity contribution is -0.141. The van der Waals surface area contributed by atoms with E-state index in [1.807, 2.05) is 36.4 Å². The summed E-state index contributed by atoms with van der Waals surface area (Å²) >= 11 is 0. The lowest BCUT2D eigenvalue weighted by Crippen LogP contribution is -2.34. The zero-order valence-corrected chi connectivity index (χ0v) is 14.0. The van der Waals surface area contributed by atoms with E-state index < -0.39 is 0 Å². The predicted molar refractivity (Wildman–Crippen MR) is 95.3 cm³/mol. The van der Waals surface area contributed by atoms with Gasteiger partial charge < -0.3 is 4.74 Å². The highest BCUT2D eigenvalue weighted by Crippen LogP contribution is 2.75. The molecule has 5 aliphatic carbocycles. The van der Waals surface area contributed by atoms with Gasteiger partial charge in [-0.05, 0) is 47.6 Å². The van der Waals surface area contributed by atoms with E-state index in [2.05, 4.69) is 24.3 Å². The number of fused-ring (bicyclic) bond motifs is 1. The highest BCUT2D eigenvalue weighted by atomic mass is 16.5. The Morgan fingerprint density at radius 3 is 2.12 bits per heavy atom. The summed E-state index contributed by atoms with van der Waals surface area (Å²) in [5, 5.41) is 0. The Hall–Kier alpha value is -2.35. The summed E-state index contributed by atoms with van der Waals surface area (Å²) in [5.41, 5.74) is 3.64. The van der Waals surface area contributed by atoms with Crippen LogP contribution in [-0.2, 0) is 9.53 Å². The molecule has 124 valence electrons. The van der Waals surface area contributed by atoms with Crippen LogP contribution >= 0.6 is 0 Å². The van der Waals surface area contributed by atoms with Gasteiger partial charge in [-0.25, -0.2) is 0 Å². The Bertz CT molecular complexity index is 871. The number of ether oxygens (including phenoxy) is 1. The van der Waals surface area contributed by atoms with Crippen molar-refractivity contribution < 1.29 is 9.53 Å². The topological polar surface area (TPSA) is 26.3 Å². The maximum atomic E-state index is 13.1. The first-order chi connectivity index (χ1) is 12.3. The van der Waals surface area contributed by atoms with Crippen molar-refractivity contribution in [1.29, 1.82) is 0 Å². The molecule has 4 bridgehead atoms. The van der Waals surface area contributed by atoms with Crippen LogP contribution in [0.3, 0.4) is 0 Å². The molecule has 2 aromatic rings. The van der Waals surface area contributed by atoms with Crippen molar-refractivity contribution in [3.63, 3.8) is 0 Å². The molecule has 0 saturated heterocycles. The van der Waals surface area contributed by atoms with E-state index in [0.717, 1.165) is 28.7 Å². The zero-order valence-electron chi connectivity index (χ0n) is 14.0. The number of hydrogen-bond donors (Lipinski definition) is 0. The standard InChI is InChI=1S/C23H20O2/c24-23-17(13-7-3-1-4-8-13)20-18-15-11-12-16(18)19(15)21(20)22(25-23)14-9-5-2-6-10-14/h1-10,15-20H,11-12H2. The number of carbonyl (C=O) groups excluding carboxylic acids is 1. The van der Waals surface area contributed by atoms with Crippen LogP contribution in [0.4, 0.5) is 0 Å². The van der Waals surface area contributed by atoms with Gasteiger partial charge in [-0.15, -0.1) is 0 Å². The molecule has 2 nitrogen and oxygen atoms in total. The second-order valence-corrected chi connectivity index (χ2v) is 7.99. The van der Waals surface area contributed by atoms with Gasteiger partial charge in [0.15, 0.2) is 0 Å². The number of hydrogen-bond acceptors (Lipinski definition) is 2. The fraction of sp³-hybridized carbons (Fsp3) is 0.348. The molecule has 5 fully saturated rings. The van der Waals surface area contributed by atoms with Crippen LogP contribution in [0.2, 0.25) is 0 Å². The molecule has 4 atom stereocenters. The third-order valence-electron chi connectivity index (χ3n) is 7.15. The van der Waals surface area contributed by atoms with E-state index >= 15 is 0 Å². The van der Waals surface area contributed by atoms with Gasteiger partial charge in [-0.2, -0.15) is 0 Å². The summed E-state index contributed by atoms with van der Waals surface area (Å²) < 4.78 is 6.02. The maximum absolute atomic E-state index is 13.1. The molecule has 2 aromatic carbocycles. The summed E-state index contributed by atoms with van der Waals surface area (Å²) in [4.78, 5) is 13.1. The number of rotatable bonds is 2. The van der Waals surface area contributed by atoms with E-state index in [1.165, 1.54) is 18.4 Å². The van der Waals surface area contributed by atoms with E-state index in [0.29, 0.717) is 17.8 Å². The third kappa shape index (κ3) is 1.67. The van der Waals surface area contributed by atoms with E-state index in [1.54, 1.807) is 0 Å². The van der Waals surface area contributed by atoms with Crippen LogP contribution in [0.15, 0.2) is 66.2 Å². The molecular formula is C23H20O2. The van der Waals surface area contributed by atoms with Crippen LogP contribution in [0, 0.1) is 29.6 Å². The molecule has 4 unspecified atom stereocenters. The molecule has 2 heteroatoms. The first-order valence-corrected chi connectivity index (χ1v) is 9.40. The first kappa shape index (κ1) is 13.9. The van der Waals surface area contributed by atoms with Crippen LogP contribution in [0.5, 0.6) is 0 Å². The minimum atomic E-state index is -0.121. The average molecular weight is 328 g/mol. The maximum Gasteiger partial charge on any atom is 0.319 e. The third-order valence-corrected chi connectivity index (χ3v) is 7.15. The Morgan fingerprint density at radius 1 is 0.800 bits per heavy atom. The predicted octanol–water partition coefficient (Wildman–Crippen LogP) is 4.64. The molecule has 1 aliphatic heterocycles. The normalized spacial score (nSPS) is 37.5. The molecule has 25 heavy (non-hydrogen) atoms. The Labute approximate surface area is 147 Å². The molecule has 6 aliphatic rings. The molecule has 0 radical (unpaired) electrons. The van der Waals surface area contributed by atoms with Gasteiger partial charge in [-0.3, -0.25) is 4.79 Å². The lowest BCUT2D eigenvalue weighted by Gasteiger charge is -2.36. The van der Waals surface area contributed by atoms with Gasteiger partial charge in [-0.1, -0.05) is 60.7 Å². The summed E-state index contributed by atoms with van der Waals surface area (Å²) in [7, 11) is 0. The van der Waals surface area contributed by atoms with Crippen molar-refractivity contribution in [3.8, 4) is 0 Å². The number of cyclic esters (lactones) is 1. The van der Waals surface area contributed by atoms with Crippen molar-refractivity contribution >= 4 is 11.7 Å². The van der Waals surface area contributed by atoms with Crippen LogP contribution in [-0.4, -0.2) is 5.97 Å². The van der Waals surface area contributed by atoms with Crippen LogP contribution < -0.4 is 0 Å². The van der Waals surface area contributed by atoms with Gasteiger partial charge >= 0.3 is 5.97 Å². The largest absolute Gasteiger partial charge is 0.425 e. The van der Waals surface area contributed by atoms with E-state index in [4.69, 9.17) is 4.74 Å². The first-order valence-electron chi connectivity index (χ1n) is 9.40. The summed E-state index contributed by atoms with van der Waals surface area (Å²) in [6.07, 6.45) is 2.66. The summed E-state index contributed by atoms with van der Waals surface area (Å²) in [6.45, 7) is 0. The second kappa shape index (κ2) is 4.85. The highest BCUT2D eigenvalue weighted by molar-refractivity contribution is 5.89. The summed E-state index contributed by atoms with van der Waals surface area (Å²) in [5.74, 6) is 3.95. The fourth-order valence-electron chi connectivity index (χ4n) is 6.41. The summed E-state index contributed by atoms with van der Waals surface area (Å²) in [6, 6.07) is 20.5.